The molecule has 0 radical (unpaired) electrons. The summed E-state index contributed by atoms with van der Waals surface area (Å²) in [5.74, 6) is 2.27. The first-order valence-electron chi connectivity index (χ1n) is 11.0. The Bertz CT molecular complexity index is 1110. The number of aryl methyl sites for hydroxylation is 2. The minimum Gasteiger partial charge on any atom is -0.497 e. The summed E-state index contributed by atoms with van der Waals surface area (Å²) in [4.78, 5) is 15.1. The van der Waals surface area contributed by atoms with Crippen molar-refractivity contribution in [3.8, 4) is 17.2 Å². The highest BCUT2D eigenvalue weighted by Crippen LogP contribution is 2.35. The lowest BCUT2D eigenvalue weighted by atomic mass is 9.98. The normalized spacial score (nSPS) is 11.9. The van der Waals surface area contributed by atoms with Crippen LogP contribution in [0, 0.1) is 6.92 Å². The molecule has 1 amide bonds. The van der Waals surface area contributed by atoms with Crippen LogP contribution in [0.1, 0.15) is 49.4 Å². The van der Waals surface area contributed by atoms with E-state index in [1.165, 1.54) is 5.56 Å². The van der Waals surface area contributed by atoms with E-state index in [1.54, 1.807) is 30.0 Å². The van der Waals surface area contributed by atoms with Crippen LogP contribution in [0.5, 0.6) is 17.2 Å². The topological polar surface area (TPSA) is 65.8 Å². The van der Waals surface area contributed by atoms with E-state index in [9.17, 15) is 4.79 Å². The molecule has 176 valence electrons. The number of anilines is 1. The van der Waals surface area contributed by atoms with Crippen molar-refractivity contribution in [3.05, 3.63) is 65.5 Å². The molecule has 33 heavy (non-hydrogen) atoms. The van der Waals surface area contributed by atoms with E-state index in [1.807, 2.05) is 50.5 Å². The molecule has 0 saturated carbocycles. The number of ether oxygens (including phenoxy) is 3. The zero-order chi connectivity index (χ0) is 24.1. The predicted octanol–water partition coefficient (Wildman–Crippen LogP) is 5.04. The van der Waals surface area contributed by atoms with Crippen molar-refractivity contribution in [1.82, 2.24) is 9.78 Å². The first-order valence-corrected chi connectivity index (χ1v) is 11.0. The number of nitrogens with zero attached hydrogens (tertiary/aromatic N) is 3. The lowest BCUT2D eigenvalue weighted by Gasteiger charge is -2.29. The highest BCUT2D eigenvalue weighted by molar-refractivity contribution is 5.95. The van der Waals surface area contributed by atoms with Gasteiger partial charge in [-0.15, -0.1) is 0 Å². The van der Waals surface area contributed by atoms with Crippen molar-refractivity contribution in [1.29, 1.82) is 0 Å². The summed E-state index contributed by atoms with van der Waals surface area (Å²) in [6.45, 7) is 8.22. The number of rotatable bonds is 9. The minimum atomic E-state index is -0.347. The van der Waals surface area contributed by atoms with Crippen molar-refractivity contribution >= 4 is 11.6 Å². The fourth-order valence-electron chi connectivity index (χ4n) is 4.02. The summed E-state index contributed by atoms with van der Waals surface area (Å²) >= 11 is 0. The van der Waals surface area contributed by atoms with Crippen molar-refractivity contribution in [2.24, 2.45) is 7.05 Å². The van der Waals surface area contributed by atoms with Crippen LogP contribution in [-0.4, -0.2) is 36.5 Å². The fourth-order valence-corrected chi connectivity index (χ4v) is 4.02. The van der Waals surface area contributed by atoms with E-state index >= 15 is 0 Å². The summed E-state index contributed by atoms with van der Waals surface area (Å²) in [7, 11) is 5.04. The van der Waals surface area contributed by atoms with Crippen LogP contribution in [0.4, 0.5) is 5.69 Å². The Kier molecular flexibility index (Phi) is 7.63. The van der Waals surface area contributed by atoms with Crippen LogP contribution in [-0.2, 0) is 11.8 Å². The Morgan fingerprint density at radius 2 is 1.76 bits per heavy atom. The molecular weight excluding hydrogens is 418 g/mol. The van der Waals surface area contributed by atoms with Gasteiger partial charge in [-0.05, 0) is 61.2 Å². The molecule has 1 aromatic heterocycles. The molecule has 3 rings (SSSR count). The second kappa shape index (κ2) is 10.4. The molecule has 0 unspecified atom stereocenters. The molecule has 2 aromatic carbocycles. The molecule has 3 aromatic rings. The Labute approximate surface area is 195 Å². The van der Waals surface area contributed by atoms with Gasteiger partial charge in [0.1, 0.15) is 17.2 Å². The van der Waals surface area contributed by atoms with Gasteiger partial charge in [-0.25, -0.2) is 0 Å². The van der Waals surface area contributed by atoms with Gasteiger partial charge < -0.3 is 14.2 Å². The summed E-state index contributed by atoms with van der Waals surface area (Å²) < 4.78 is 18.5. The minimum absolute atomic E-state index is 0.105. The molecule has 7 nitrogen and oxygen atoms in total. The zero-order valence-corrected chi connectivity index (χ0v) is 20.5. The lowest BCUT2D eigenvalue weighted by molar-refractivity contribution is -0.121. The van der Waals surface area contributed by atoms with Crippen LogP contribution in [0.25, 0.3) is 0 Å². The molecule has 0 aliphatic rings. The SMILES string of the molecule is COc1ccc(OC)c([C@H](C)N(C(=O)COc2ccc(C(C)C)c(C)c2)c2cnn(C)c2)c1. The molecular formula is C26H33N3O4. The Balaban J connectivity index is 1.89. The van der Waals surface area contributed by atoms with Crippen LogP contribution < -0.4 is 19.1 Å². The van der Waals surface area contributed by atoms with Gasteiger partial charge in [-0.1, -0.05) is 19.9 Å². The third-order valence-electron chi connectivity index (χ3n) is 5.74. The lowest BCUT2D eigenvalue weighted by Crippen LogP contribution is -2.37. The van der Waals surface area contributed by atoms with E-state index in [4.69, 9.17) is 14.2 Å². The molecule has 0 saturated heterocycles. The molecule has 0 N–H and O–H groups in total. The second-order valence-corrected chi connectivity index (χ2v) is 8.38. The number of carbonyl (C=O) groups is 1. The first kappa shape index (κ1) is 24.2. The molecule has 0 aliphatic carbocycles. The Morgan fingerprint density at radius 1 is 1.03 bits per heavy atom. The van der Waals surface area contributed by atoms with Crippen LogP contribution in [0.3, 0.4) is 0 Å². The number of carbonyl (C=O) groups excluding carboxylic acids is 1. The maximum absolute atomic E-state index is 13.4. The molecule has 0 spiro atoms. The van der Waals surface area contributed by atoms with Gasteiger partial charge in [0.2, 0.25) is 0 Å². The van der Waals surface area contributed by atoms with E-state index in [0.29, 0.717) is 28.9 Å². The molecule has 1 atom stereocenters. The van der Waals surface area contributed by atoms with Gasteiger partial charge in [0.25, 0.3) is 5.91 Å². The summed E-state index contributed by atoms with van der Waals surface area (Å²) in [6, 6.07) is 11.2. The maximum atomic E-state index is 13.4. The largest absolute Gasteiger partial charge is 0.497 e. The molecule has 7 heteroatoms. The van der Waals surface area contributed by atoms with Crippen molar-refractivity contribution in [2.45, 2.75) is 39.7 Å². The van der Waals surface area contributed by atoms with Crippen molar-refractivity contribution < 1.29 is 19.0 Å². The van der Waals surface area contributed by atoms with E-state index in [-0.39, 0.29) is 18.6 Å². The maximum Gasteiger partial charge on any atom is 0.265 e. The van der Waals surface area contributed by atoms with Crippen molar-refractivity contribution in [3.63, 3.8) is 0 Å². The monoisotopic (exact) mass is 451 g/mol. The highest BCUT2D eigenvalue weighted by Gasteiger charge is 2.27. The third kappa shape index (κ3) is 5.48. The van der Waals surface area contributed by atoms with E-state index in [0.717, 1.165) is 11.1 Å². The first-order chi connectivity index (χ1) is 15.7. The van der Waals surface area contributed by atoms with Gasteiger partial charge in [0.05, 0.1) is 32.1 Å². The van der Waals surface area contributed by atoms with Gasteiger partial charge in [-0.2, -0.15) is 5.10 Å². The van der Waals surface area contributed by atoms with Crippen LogP contribution >= 0.6 is 0 Å². The van der Waals surface area contributed by atoms with E-state index in [2.05, 4.69) is 31.9 Å². The number of aromatic nitrogens is 2. The van der Waals surface area contributed by atoms with Crippen molar-refractivity contribution in [2.75, 3.05) is 25.7 Å². The number of hydrogen-bond donors (Lipinski definition) is 0. The number of benzene rings is 2. The second-order valence-electron chi connectivity index (χ2n) is 8.38. The Hall–Kier alpha value is -3.48. The zero-order valence-electron chi connectivity index (χ0n) is 20.5. The molecule has 1 heterocycles. The predicted molar refractivity (Wildman–Crippen MR) is 129 cm³/mol. The molecule has 0 fully saturated rings. The third-order valence-corrected chi connectivity index (χ3v) is 5.74. The number of hydrogen-bond acceptors (Lipinski definition) is 5. The van der Waals surface area contributed by atoms with Crippen LogP contribution in [0.2, 0.25) is 0 Å². The fraction of sp³-hybridized carbons (Fsp3) is 0.385. The van der Waals surface area contributed by atoms with Gasteiger partial charge in [-0.3, -0.25) is 14.4 Å². The smallest absolute Gasteiger partial charge is 0.265 e. The highest BCUT2D eigenvalue weighted by atomic mass is 16.5. The molecule has 0 bridgehead atoms. The van der Waals surface area contributed by atoms with Gasteiger partial charge in [0, 0.05) is 18.8 Å². The summed E-state index contributed by atoms with van der Waals surface area (Å²) in [6.07, 6.45) is 3.48. The van der Waals surface area contributed by atoms with Gasteiger partial charge >= 0.3 is 0 Å². The molecule has 0 aliphatic heterocycles. The standard InChI is InChI=1S/C26H33N3O4/c1-17(2)23-10-8-22(12-18(23)3)33-16-26(30)29(20-14-27-28(5)15-20)19(4)24-13-21(31-6)9-11-25(24)32-7/h8-15,17,19H,16H2,1-7H3/t19-/m0/s1. The average Bonchev–Trinajstić information content (AvgIpc) is 3.22. The average molecular weight is 452 g/mol. The quantitative estimate of drug-likeness (QED) is 0.456. The Morgan fingerprint density at radius 3 is 2.33 bits per heavy atom. The summed E-state index contributed by atoms with van der Waals surface area (Å²) in [5, 5.41) is 4.25. The van der Waals surface area contributed by atoms with Crippen LogP contribution in [0.15, 0.2) is 48.8 Å². The van der Waals surface area contributed by atoms with E-state index < -0.39 is 0 Å². The van der Waals surface area contributed by atoms with Gasteiger partial charge in [0.15, 0.2) is 6.61 Å². The number of amides is 1. The number of methoxy groups -OCH3 is 2. The summed E-state index contributed by atoms with van der Waals surface area (Å²) in [5.41, 5.74) is 3.92.